The minimum Gasteiger partial charge on any atom is -0.299 e. The van der Waals surface area contributed by atoms with Crippen molar-refractivity contribution < 1.29 is 4.79 Å². The Kier molecular flexibility index (Phi) is 3.50. The van der Waals surface area contributed by atoms with Crippen LogP contribution in [0.25, 0.3) is 0 Å². The van der Waals surface area contributed by atoms with Gasteiger partial charge in [-0.05, 0) is 13.0 Å². The Morgan fingerprint density at radius 3 is 2.57 bits per heavy atom. The lowest BCUT2D eigenvalue weighted by atomic mass is 10.5. The number of carbonyl (C=O) groups excluding carboxylic acids is 1. The Bertz CT molecular complexity index is 89.7. The van der Waals surface area contributed by atoms with E-state index in [4.69, 9.17) is 0 Å². The smallest absolute Gasteiger partial charge is 0.253 e. The summed E-state index contributed by atoms with van der Waals surface area (Å²) < 4.78 is 2.13. The van der Waals surface area contributed by atoms with E-state index in [0.717, 1.165) is 0 Å². The molecule has 1 N–H and O–H groups in total. The zero-order valence-electron chi connectivity index (χ0n) is 4.01. The van der Waals surface area contributed by atoms with Gasteiger partial charge in [0.05, 0.1) is 0 Å². The van der Waals surface area contributed by atoms with Crippen LogP contribution in [0, 0.1) is 0 Å². The average molecular weight is 117 g/mol. The van der Waals surface area contributed by atoms with Crippen LogP contribution in [0.3, 0.4) is 0 Å². The van der Waals surface area contributed by atoms with Crippen LogP contribution in [-0.2, 0) is 4.79 Å². The molecule has 0 saturated carbocycles. The predicted octanol–water partition coefficient (Wildman–Crippen LogP) is 0.524. The van der Waals surface area contributed by atoms with Gasteiger partial charge < -0.3 is 0 Å². The fourth-order valence-electron chi connectivity index (χ4n) is 0.189. The summed E-state index contributed by atoms with van der Waals surface area (Å²) in [4.78, 5) is 10.1. The zero-order chi connectivity index (χ0) is 5.70. The van der Waals surface area contributed by atoms with Crippen molar-refractivity contribution in [1.29, 1.82) is 0 Å². The largest absolute Gasteiger partial charge is 0.299 e. The monoisotopic (exact) mass is 117 g/mol. The SMILES string of the molecule is C/C=C\C(=O)NS. The second kappa shape index (κ2) is 3.74. The summed E-state index contributed by atoms with van der Waals surface area (Å²) in [5, 5.41) is 0. The quantitative estimate of drug-likeness (QED) is 0.380. The third-order valence-corrected chi connectivity index (χ3v) is 0.649. The summed E-state index contributed by atoms with van der Waals surface area (Å²) in [5.74, 6) is -0.189. The van der Waals surface area contributed by atoms with E-state index >= 15 is 0 Å². The van der Waals surface area contributed by atoms with E-state index in [1.807, 2.05) is 0 Å². The van der Waals surface area contributed by atoms with Gasteiger partial charge in [-0.25, -0.2) is 0 Å². The lowest BCUT2D eigenvalue weighted by molar-refractivity contribution is -0.114. The number of hydrogen-bond acceptors (Lipinski definition) is 2. The van der Waals surface area contributed by atoms with Crippen LogP contribution in [0.5, 0.6) is 0 Å². The molecule has 0 heterocycles. The number of thiol groups is 1. The minimum atomic E-state index is -0.189. The van der Waals surface area contributed by atoms with E-state index in [-0.39, 0.29) is 5.91 Å². The number of rotatable bonds is 1. The second-order valence-corrected chi connectivity index (χ2v) is 1.20. The summed E-state index contributed by atoms with van der Waals surface area (Å²) >= 11 is 3.50. The van der Waals surface area contributed by atoms with Crippen molar-refractivity contribution in [2.75, 3.05) is 0 Å². The van der Waals surface area contributed by atoms with Crippen LogP contribution in [0.2, 0.25) is 0 Å². The maximum atomic E-state index is 10.1. The Morgan fingerprint density at radius 2 is 2.43 bits per heavy atom. The Labute approximate surface area is 48.1 Å². The number of allylic oxidation sites excluding steroid dienone is 1. The normalized spacial score (nSPS) is 9.43. The minimum absolute atomic E-state index is 0.189. The van der Waals surface area contributed by atoms with Crippen LogP contribution in [0.15, 0.2) is 12.2 Å². The predicted molar refractivity (Wildman–Crippen MR) is 31.9 cm³/mol. The fourth-order valence-corrected chi connectivity index (χ4v) is 0.263. The van der Waals surface area contributed by atoms with Crippen molar-refractivity contribution >= 4 is 18.7 Å². The van der Waals surface area contributed by atoms with Crippen molar-refractivity contribution in [1.82, 2.24) is 4.72 Å². The molecule has 0 aliphatic carbocycles. The molecule has 0 spiro atoms. The van der Waals surface area contributed by atoms with E-state index in [0.29, 0.717) is 0 Å². The lowest BCUT2D eigenvalue weighted by Gasteiger charge is -1.82. The molecule has 0 aromatic rings. The first-order chi connectivity index (χ1) is 3.31. The highest BCUT2D eigenvalue weighted by Gasteiger charge is 1.82. The highest BCUT2D eigenvalue weighted by atomic mass is 32.1. The van der Waals surface area contributed by atoms with Gasteiger partial charge in [0.1, 0.15) is 0 Å². The zero-order valence-corrected chi connectivity index (χ0v) is 4.90. The molecular weight excluding hydrogens is 110 g/mol. The highest BCUT2D eigenvalue weighted by Crippen LogP contribution is 1.70. The van der Waals surface area contributed by atoms with Crippen molar-refractivity contribution in [2.45, 2.75) is 6.92 Å². The first-order valence-corrected chi connectivity index (χ1v) is 2.32. The van der Waals surface area contributed by atoms with Gasteiger partial charge >= 0.3 is 0 Å². The third-order valence-electron chi connectivity index (χ3n) is 0.428. The van der Waals surface area contributed by atoms with Gasteiger partial charge in [-0.3, -0.25) is 9.52 Å². The van der Waals surface area contributed by atoms with Gasteiger partial charge in [-0.1, -0.05) is 18.9 Å². The molecule has 0 aromatic carbocycles. The van der Waals surface area contributed by atoms with Gasteiger partial charge in [0.2, 0.25) is 0 Å². The third kappa shape index (κ3) is 3.39. The van der Waals surface area contributed by atoms with Crippen LogP contribution < -0.4 is 4.72 Å². The Morgan fingerprint density at radius 1 is 1.86 bits per heavy atom. The molecule has 7 heavy (non-hydrogen) atoms. The van der Waals surface area contributed by atoms with Gasteiger partial charge in [0.25, 0.3) is 5.91 Å². The van der Waals surface area contributed by atoms with Crippen LogP contribution in [0.1, 0.15) is 6.92 Å². The molecule has 0 saturated heterocycles. The van der Waals surface area contributed by atoms with Crippen LogP contribution in [-0.4, -0.2) is 5.91 Å². The molecular formula is C4H7NOS. The standard InChI is InChI=1S/C4H7NOS/c1-2-3-4(6)5-7/h2-3,7H,1H3,(H,5,6)/b3-2-. The number of carbonyl (C=O) groups is 1. The average Bonchev–Trinajstić information content (AvgIpc) is 1.68. The van der Waals surface area contributed by atoms with Crippen LogP contribution in [0.4, 0.5) is 0 Å². The topological polar surface area (TPSA) is 29.1 Å². The first kappa shape index (κ1) is 6.56. The van der Waals surface area contributed by atoms with Gasteiger partial charge in [0, 0.05) is 0 Å². The maximum absolute atomic E-state index is 10.1. The number of amides is 1. The number of hydrogen-bond donors (Lipinski definition) is 2. The lowest BCUT2D eigenvalue weighted by Crippen LogP contribution is -2.07. The molecule has 0 aliphatic heterocycles. The molecule has 40 valence electrons. The molecule has 2 nitrogen and oxygen atoms in total. The van der Waals surface area contributed by atoms with E-state index in [2.05, 4.69) is 17.5 Å². The maximum Gasteiger partial charge on any atom is 0.253 e. The fraction of sp³-hybridized carbons (Fsp3) is 0.250. The van der Waals surface area contributed by atoms with E-state index in [1.165, 1.54) is 6.08 Å². The van der Waals surface area contributed by atoms with Gasteiger partial charge in [-0.15, -0.1) is 0 Å². The molecule has 0 radical (unpaired) electrons. The second-order valence-electron chi connectivity index (χ2n) is 0.976. The molecule has 0 aliphatic rings. The number of nitrogens with one attached hydrogen (secondary N) is 1. The van der Waals surface area contributed by atoms with Crippen molar-refractivity contribution in [3.05, 3.63) is 12.2 Å². The summed E-state index contributed by atoms with van der Waals surface area (Å²) in [6.07, 6.45) is 3.04. The summed E-state index contributed by atoms with van der Waals surface area (Å²) in [7, 11) is 0. The molecule has 0 fully saturated rings. The first-order valence-electron chi connectivity index (χ1n) is 1.88. The Balaban J connectivity index is 3.37. The highest BCUT2D eigenvalue weighted by molar-refractivity contribution is 7.78. The van der Waals surface area contributed by atoms with E-state index in [1.54, 1.807) is 13.0 Å². The molecule has 0 atom stereocenters. The van der Waals surface area contributed by atoms with E-state index < -0.39 is 0 Å². The van der Waals surface area contributed by atoms with Crippen molar-refractivity contribution in [3.63, 3.8) is 0 Å². The molecule has 0 rings (SSSR count). The van der Waals surface area contributed by atoms with Crippen LogP contribution >= 0.6 is 12.8 Å². The van der Waals surface area contributed by atoms with Gasteiger partial charge in [0.15, 0.2) is 0 Å². The van der Waals surface area contributed by atoms with Gasteiger partial charge in [-0.2, -0.15) is 0 Å². The summed E-state index contributed by atoms with van der Waals surface area (Å²) in [5.41, 5.74) is 0. The molecule has 0 unspecified atom stereocenters. The molecule has 0 aromatic heterocycles. The summed E-state index contributed by atoms with van der Waals surface area (Å²) in [6.45, 7) is 1.77. The summed E-state index contributed by atoms with van der Waals surface area (Å²) in [6, 6.07) is 0. The van der Waals surface area contributed by atoms with Crippen molar-refractivity contribution in [3.8, 4) is 0 Å². The molecule has 0 bridgehead atoms. The molecule has 3 heteroatoms. The molecule has 1 amide bonds. The van der Waals surface area contributed by atoms with Crippen molar-refractivity contribution in [2.24, 2.45) is 0 Å². The Hall–Kier alpha value is -0.440. The van der Waals surface area contributed by atoms with E-state index in [9.17, 15) is 4.79 Å².